The number of aryl methyl sites for hydroxylation is 1. The fraction of sp³-hybridized carbons (Fsp3) is 0.591. The van der Waals surface area contributed by atoms with E-state index in [1.54, 1.807) is 7.11 Å². The number of hydrogen-bond donors (Lipinski definition) is 1. The van der Waals surface area contributed by atoms with Gasteiger partial charge in [0, 0.05) is 30.6 Å². The van der Waals surface area contributed by atoms with Gasteiger partial charge in [-0.15, -0.1) is 0 Å². The Balaban J connectivity index is 1.37. The smallest absolute Gasteiger partial charge is 0.252 e. The Labute approximate surface area is 164 Å². The Bertz CT molecular complexity index is 909. The lowest BCUT2D eigenvalue weighted by Crippen LogP contribution is -2.48. The molecule has 1 atom stereocenters. The van der Waals surface area contributed by atoms with Crippen molar-refractivity contribution < 1.29 is 13.9 Å². The van der Waals surface area contributed by atoms with Crippen LogP contribution in [0, 0.1) is 0 Å². The van der Waals surface area contributed by atoms with E-state index >= 15 is 0 Å². The van der Waals surface area contributed by atoms with Gasteiger partial charge in [-0.05, 0) is 61.8 Å². The summed E-state index contributed by atoms with van der Waals surface area (Å²) in [6.45, 7) is 1.95. The first-order valence-corrected chi connectivity index (χ1v) is 10.4. The van der Waals surface area contributed by atoms with E-state index in [9.17, 15) is 9.18 Å². The number of fused-ring (bicyclic) bond motifs is 2. The summed E-state index contributed by atoms with van der Waals surface area (Å²) in [6, 6.07) is 2.15. The molecule has 150 valence electrons. The maximum atomic E-state index is 14.9. The predicted octanol–water partition coefficient (Wildman–Crippen LogP) is 3.19. The van der Waals surface area contributed by atoms with Crippen molar-refractivity contribution in [2.45, 2.75) is 56.7 Å². The number of nitrogens with one attached hydrogen (secondary N) is 1. The maximum Gasteiger partial charge on any atom is 0.252 e. The van der Waals surface area contributed by atoms with Gasteiger partial charge in [0.05, 0.1) is 25.1 Å². The van der Waals surface area contributed by atoms with Gasteiger partial charge in [0.1, 0.15) is 12.0 Å². The van der Waals surface area contributed by atoms with Crippen molar-refractivity contribution in [3.05, 3.63) is 50.5 Å². The molecule has 6 heteroatoms. The second-order valence-electron chi connectivity index (χ2n) is 8.39. The zero-order valence-corrected chi connectivity index (χ0v) is 16.4. The number of rotatable bonds is 2. The Hall–Kier alpha value is -2.08. The summed E-state index contributed by atoms with van der Waals surface area (Å²) in [4.78, 5) is 17.8. The number of methoxy groups -OCH3 is 1. The molecule has 28 heavy (non-hydrogen) atoms. The van der Waals surface area contributed by atoms with Gasteiger partial charge < -0.3 is 19.4 Å². The Morgan fingerprint density at radius 3 is 2.86 bits per heavy atom. The van der Waals surface area contributed by atoms with Crippen molar-refractivity contribution in [1.82, 2.24) is 4.98 Å². The lowest BCUT2D eigenvalue weighted by molar-refractivity contribution is -0.00872. The van der Waals surface area contributed by atoms with Crippen LogP contribution >= 0.6 is 0 Å². The number of aromatic amines is 1. The molecule has 5 rings (SSSR count). The van der Waals surface area contributed by atoms with Crippen LogP contribution in [0.1, 0.15) is 43.2 Å². The van der Waals surface area contributed by atoms with Crippen molar-refractivity contribution >= 4 is 5.82 Å². The van der Waals surface area contributed by atoms with Crippen LogP contribution in [0.5, 0.6) is 0 Å². The number of allylic oxidation sites excluding steroid dienone is 1. The van der Waals surface area contributed by atoms with E-state index in [1.807, 2.05) is 6.08 Å². The monoisotopic (exact) mass is 386 g/mol. The van der Waals surface area contributed by atoms with Gasteiger partial charge in [-0.3, -0.25) is 4.79 Å². The van der Waals surface area contributed by atoms with Crippen molar-refractivity contribution in [2.24, 2.45) is 0 Å². The van der Waals surface area contributed by atoms with Crippen molar-refractivity contribution in [3.8, 4) is 0 Å². The number of alkyl halides is 1. The number of nitrogens with zero attached hydrogens (tertiary/aromatic N) is 1. The lowest BCUT2D eigenvalue weighted by atomic mass is 9.78. The van der Waals surface area contributed by atoms with E-state index in [4.69, 9.17) is 9.47 Å². The molecule has 1 unspecified atom stereocenters. The standard InChI is InChI=1S/C22H27FN2O3/c1-27-16-10-15-13-28-22(20(15)18(23)12-16)6-8-25(9-7-22)19-11-14-4-2-3-5-17(14)21(26)24-19/h10-11,18H,2-9,12-13H2,1H3,(H,24,26). The second-order valence-corrected chi connectivity index (χ2v) is 8.39. The highest BCUT2D eigenvalue weighted by Crippen LogP contribution is 2.47. The van der Waals surface area contributed by atoms with Gasteiger partial charge in [0.2, 0.25) is 0 Å². The summed E-state index contributed by atoms with van der Waals surface area (Å²) < 4.78 is 26.4. The van der Waals surface area contributed by atoms with Gasteiger partial charge in [0.25, 0.3) is 5.56 Å². The zero-order chi connectivity index (χ0) is 19.3. The predicted molar refractivity (Wildman–Crippen MR) is 105 cm³/mol. The Morgan fingerprint density at radius 2 is 2.07 bits per heavy atom. The number of aromatic nitrogens is 1. The number of piperidine rings is 1. The molecule has 4 aliphatic rings. The molecule has 1 N–H and O–H groups in total. The zero-order valence-electron chi connectivity index (χ0n) is 16.4. The van der Waals surface area contributed by atoms with Crippen molar-refractivity contribution in [1.29, 1.82) is 0 Å². The molecule has 3 heterocycles. The number of halogens is 1. The van der Waals surface area contributed by atoms with E-state index in [2.05, 4.69) is 16.0 Å². The number of pyridine rings is 1. The highest BCUT2D eigenvalue weighted by Gasteiger charge is 2.48. The van der Waals surface area contributed by atoms with Gasteiger partial charge >= 0.3 is 0 Å². The van der Waals surface area contributed by atoms with Gasteiger partial charge in [0.15, 0.2) is 0 Å². The maximum absolute atomic E-state index is 14.9. The van der Waals surface area contributed by atoms with Crippen LogP contribution in [0.25, 0.3) is 0 Å². The highest BCUT2D eigenvalue weighted by molar-refractivity contribution is 5.48. The molecule has 0 aromatic carbocycles. The van der Waals surface area contributed by atoms with Crippen LogP contribution in [0.2, 0.25) is 0 Å². The average Bonchev–Trinajstić information content (AvgIpc) is 3.07. The highest BCUT2D eigenvalue weighted by atomic mass is 19.1. The third kappa shape index (κ3) is 2.81. The fourth-order valence-corrected chi connectivity index (χ4v) is 5.38. The topological polar surface area (TPSA) is 54.6 Å². The van der Waals surface area contributed by atoms with Crippen LogP contribution in [-0.2, 0) is 22.3 Å². The number of anilines is 1. The molecule has 0 saturated carbocycles. The largest absolute Gasteiger partial charge is 0.501 e. The summed E-state index contributed by atoms with van der Waals surface area (Å²) in [5.41, 5.74) is 3.48. The van der Waals surface area contributed by atoms with Gasteiger partial charge in [-0.2, -0.15) is 0 Å². The SMILES string of the molecule is COC1=CC2=C(C(F)C1)C1(CCN(c3cc4c(c(=O)[nH]3)CCCC4)CC1)OC2. The summed E-state index contributed by atoms with van der Waals surface area (Å²) in [5.74, 6) is 1.59. The van der Waals surface area contributed by atoms with E-state index < -0.39 is 11.8 Å². The van der Waals surface area contributed by atoms with Crippen molar-refractivity contribution in [3.63, 3.8) is 0 Å². The minimum atomic E-state index is -1.03. The third-order valence-corrected chi connectivity index (χ3v) is 6.88. The number of ether oxygens (including phenoxy) is 2. The van der Waals surface area contributed by atoms with Gasteiger partial charge in [-0.25, -0.2) is 4.39 Å². The Kier molecular flexibility index (Phi) is 4.34. The minimum absolute atomic E-state index is 0.0583. The van der Waals surface area contributed by atoms with Crippen LogP contribution < -0.4 is 10.5 Å². The molecular formula is C22H27FN2O3. The van der Waals surface area contributed by atoms with E-state index in [1.165, 1.54) is 5.56 Å². The molecule has 5 nitrogen and oxygen atoms in total. The number of H-pyrrole nitrogens is 1. The normalized spacial score (nSPS) is 26.1. The summed E-state index contributed by atoms with van der Waals surface area (Å²) in [6.07, 6.45) is 6.80. The molecular weight excluding hydrogens is 359 g/mol. The molecule has 1 fully saturated rings. The first-order valence-electron chi connectivity index (χ1n) is 10.4. The summed E-state index contributed by atoms with van der Waals surface area (Å²) in [7, 11) is 1.59. The average molecular weight is 386 g/mol. The first-order chi connectivity index (χ1) is 13.6. The quantitative estimate of drug-likeness (QED) is 0.848. The van der Waals surface area contributed by atoms with Crippen LogP contribution in [0.4, 0.5) is 10.2 Å². The molecule has 2 aliphatic carbocycles. The van der Waals surface area contributed by atoms with E-state index in [0.717, 1.165) is 74.1 Å². The second kappa shape index (κ2) is 6.76. The van der Waals surface area contributed by atoms with E-state index in [-0.39, 0.29) is 5.56 Å². The minimum Gasteiger partial charge on any atom is -0.501 e. The Morgan fingerprint density at radius 1 is 1.29 bits per heavy atom. The molecule has 0 amide bonds. The molecule has 1 aromatic heterocycles. The van der Waals surface area contributed by atoms with Crippen LogP contribution in [0.3, 0.4) is 0 Å². The lowest BCUT2D eigenvalue weighted by Gasteiger charge is -2.42. The molecule has 0 radical (unpaired) electrons. The molecule has 1 aromatic rings. The van der Waals surface area contributed by atoms with Crippen LogP contribution in [-0.4, -0.2) is 43.6 Å². The summed E-state index contributed by atoms with van der Waals surface area (Å²) in [5, 5.41) is 0. The molecule has 0 bridgehead atoms. The van der Waals surface area contributed by atoms with Gasteiger partial charge in [-0.1, -0.05) is 0 Å². The van der Waals surface area contributed by atoms with Crippen molar-refractivity contribution in [2.75, 3.05) is 31.7 Å². The fourth-order valence-electron chi connectivity index (χ4n) is 5.38. The van der Waals surface area contributed by atoms with Crippen LogP contribution in [0.15, 0.2) is 33.8 Å². The van der Waals surface area contributed by atoms with E-state index in [0.29, 0.717) is 18.8 Å². The first kappa shape index (κ1) is 18.0. The third-order valence-electron chi connectivity index (χ3n) is 6.88. The molecule has 1 spiro atoms. The number of hydrogen-bond acceptors (Lipinski definition) is 4. The summed E-state index contributed by atoms with van der Waals surface area (Å²) >= 11 is 0. The molecule has 1 saturated heterocycles. The molecule has 2 aliphatic heterocycles.